The fourth-order valence-electron chi connectivity index (χ4n) is 4.85. The molecular weight excluding hydrogens is 496 g/mol. The summed E-state index contributed by atoms with van der Waals surface area (Å²) in [4.78, 5) is 48.1. The number of benzene rings is 2. The molecule has 0 spiro atoms. The summed E-state index contributed by atoms with van der Waals surface area (Å²) in [5, 5.41) is 15.2. The zero-order valence-electron chi connectivity index (χ0n) is 23.0. The maximum Gasteiger partial charge on any atom is 0.407 e. The minimum atomic E-state index is -1.27. The molecule has 1 atom stereocenters. The van der Waals surface area contributed by atoms with Crippen LogP contribution >= 0.6 is 0 Å². The van der Waals surface area contributed by atoms with Gasteiger partial charge in [0, 0.05) is 37.1 Å². The summed E-state index contributed by atoms with van der Waals surface area (Å²) in [6, 6.07) is 14.7. The second-order valence-electron chi connectivity index (χ2n) is 11.2. The number of amides is 1. The van der Waals surface area contributed by atoms with Crippen LogP contribution in [0.4, 0.5) is 4.79 Å². The van der Waals surface area contributed by atoms with E-state index in [0.29, 0.717) is 12.1 Å². The number of carboxylic acid groups (broad SMARTS) is 1. The van der Waals surface area contributed by atoms with Crippen molar-refractivity contribution in [2.75, 3.05) is 13.2 Å². The summed E-state index contributed by atoms with van der Waals surface area (Å²) >= 11 is 0. The lowest BCUT2D eigenvalue weighted by Crippen LogP contribution is -2.47. The van der Waals surface area contributed by atoms with E-state index in [1.807, 2.05) is 76.2 Å². The van der Waals surface area contributed by atoms with Crippen molar-refractivity contribution in [3.8, 4) is 11.1 Å². The van der Waals surface area contributed by atoms with Gasteiger partial charge in [-0.2, -0.15) is 0 Å². The van der Waals surface area contributed by atoms with Gasteiger partial charge in [-0.3, -0.25) is 4.79 Å². The molecule has 2 aromatic rings. The Morgan fingerprint density at radius 2 is 1.62 bits per heavy atom. The second-order valence-corrected chi connectivity index (χ2v) is 11.2. The van der Waals surface area contributed by atoms with Crippen LogP contribution in [-0.2, 0) is 19.1 Å². The number of rotatable bonds is 14. The van der Waals surface area contributed by atoms with E-state index in [0.717, 1.165) is 28.5 Å². The number of carboxylic acids is 1. The van der Waals surface area contributed by atoms with Crippen molar-refractivity contribution in [3.63, 3.8) is 0 Å². The van der Waals surface area contributed by atoms with Crippen molar-refractivity contribution in [1.29, 1.82) is 0 Å². The molecule has 8 nitrogen and oxygen atoms in total. The Kier molecular flexibility index (Phi) is 10.0. The van der Waals surface area contributed by atoms with E-state index in [4.69, 9.17) is 4.74 Å². The topological polar surface area (TPSA) is 122 Å². The third-order valence-corrected chi connectivity index (χ3v) is 6.72. The number of ketones is 1. The van der Waals surface area contributed by atoms with Gasteiger partial charge in [-0.1, -0.05) is 76.2 Å². The van der Waals surface area contributed by atoms with Crippen molar-refractivity contribution in [1.82, 2.24) is 10.6 Å². The van der Waals surface area contributed by atoms with Crippen LogP contribution in [0.25, 0.3) is 11.1 Å². The molecule has 0 bridgehead atoms. The number of carbonyl (C=O) groups is 4. The van der Waals surface area contributed by atoms with Gasteiger partial charge in [0.15, 0.2) is 5.78 Å². The number of aldehydes is 1. The van der Waals surface area contributed by atoms with Crippen LogP contribution in [0.2, 0.25) is 0 Å². The zero-order valence-corrected chi connectivity index (χ0v) is 23.0. The first-order chi connectivity index (χ1) is 18.5. The Balaban J connectivity index is 1.62. The van der Waals surface area contributed by atoms with Gasteiger partial charge < -0.3 is 25.3 Å². The lowest BCUT2D eigenvalue weighted by atomic mass is 9.84. The summed E-state index contributed by atoms with van der Waals surface area (Å²) in [5.74, 6) is -1.31. The number of nitrogens with one attached hydrogen (secondary N) is 2. The Labute approximate surface area is 229 Å². The van der Waals surface area contributed by atoms with Crippen molar-refractivity contribution in [3.05, 3.63) is 71.4 Å². The SMILES string of the molecule is CC(C)C/C(=C\C(=O)CC(C)(C)CC=O)NCC(NC(=O)OCC1c2ccccc2-c2ccccc21)C(=O)O. The predicted octanol–water partition coefficient (Wildman–Crippen LogP) is 5.07. The third kappa shape index (κ3) is 8.27. The highest BCUT2D eigenvalue weighted by molar-refractivity contribution is 5.91. The van der Waals surface area contributed by atoms with E-state index in [1.165, 1.54) is 6.08 Å². The highest BCUT2D eigenvalue weighted by Gasteiger charge is 2.30. The van der Waals surface area contributed by atoms with Gasteiger partial charge in [0.25, 0.3) is 0 Å². The number of fused-ring (bicyclic) bond motifs is 3. The zero-order chi connectivity index (χ0) is 28.6. The number of aliphatic carboxylic acids is 1. The lowest BCUT2D eigenvalue weighted by Gasteiger charge is -2.21. The number of hydrogen-bond donors (Lipinski definition) is 3. The Morgan fingerprint density at radius 1 is 1.03 bits per heavy atom. The van der Waals surface area contributed by atoms with Crippen LogP contribution in [0.3, 0.4) is 0 Å². The van der Waals surface area contributed by atoms with Gasteiger partial charge in [-0.05, 0) is 40.0 Å². The standard InChI is InChI=1S/C31H38N2O6/c1-20(2)15-21(16-22(35)17-31(3,4)13-14-34)32-18-28(29(36)37)33-30(38)39-19-27-25-11-7-5-9-23(25)24-10-6-8-12-26(24)27/h5-12,14,16,20,27-28,32H,13,15,17-19H2,1-4H3,(H,33,38)(H,36,37)/b21-16+. The van der Waals surface area contributed by atoms with Crippen LogP contribution in [0.15, 0.2) is 60.3 Å². The highest BCUT2D eigenvalue weighted by Crippen LogP contribution is 2.44. The molecular formula is C31H38N2O6. The van der Waals surface area contributed by atoms with Crippen molar-refractivity contribution in [2.45, 2.75) is 58.9 Å². The molecule has 3 rings (SSSR count). The summed E-state index contributed by atoms with van der Waals surface area (Å²) in [6.45, 7) is 7.62. The normalized spacial score (nSPS) is 13.8. The average molecular weight is 535 g/mol. The first kappa shape index (κ1) is 29.6. The summed E-state index contributed by atoms with van der Waals surface area (Å²) in [6.07, 6.45) is 2.43. The fraction of sp³-hybridized carbons (Fsp3) is 0.419. The molecule has 0 aromatic heterocycles. The first-order valence-corrected chi connectivity index (χ1v) is 13.3. The van der Waals surface area contributed by atoms with E-state index >= 15 is 0 Å². The molecule has 3 N–H and O–H groups in total. The van der Waals surface area contributed by atoms with Gasteiger partial charge in [0.1, 0.15) is 18.9 Å². The number of allylic oxidation sites excluding steroid dienone is 2. The molecule has 39 heavy (non-hydrogen) atoms. The van der Waals surface area contributed by atoms with Crippen LogP contribution in [0.1, 0.15) is 64.0 Å². The van der Waals surface area contributed by atoms with Crippen molar-refractivity contribution >= 4 is 24.1 Å². The Morgan fingerprint density at radius 3 is 2.15 bits per heavy atom. The van der Waals surface area contributed by atoms with E-state index in [9.17, 15) is 24.3 Å². The van der Waals surface area contributed by atoms with Crippen LogP contribution in [0, 0.1) is 11.3 Å². The predicted molar refractivity (Wildman–Crippen MR) is 149 cm³/mol. The summed E-state index contributed by atoms with van der Waals surface area (Å²) in [7, 11) is 0. The lowest BCUT2D eigenvalue weighted by molar-refractivity contribution is -0.139. The number of carbonyl (C=O) groups excluding carboxylic acids is 3. The highest BCUT2D eigenvalue weighted by atomic mass is 16.5. The molecule has 0 fully saturated rings. The molecule has 1 aliphatic carbocycles. The molecule has 2 aromatic carbocycles. The van der Waals surface area contributed by atoms with E-state index in [2.05, 4.69) is 10.6 Å². The van der Waals surface area contributed by atoms with Crippen molar-refractivity contribution in [2.24, 2.45) is 11.3 Å². The maximum atomic E-state index is 12.6. The molecule has 0 radical (unpaired) electrons. The minimum absolute atomic E-state index is 0.0726. The molecule has 0 aliphatic heterocycles. The molecule has 1 amide bonds. The number of ether oxygens (including phenoxy) is 1. The molecule has 1 aliphatic rings. The van der Waals surface area contributed by atoms with Gasteiger partial charge in [0.2, 0.25) is 0 Å². The van der Waals surface area contributed by atoms with E-state index < -0.39 is 23.5 Å². The van der Waals surface area contributed by atoms with Crippen LogP contribution in [0.5, 0.6) is 0 Å². The number of alkyl carbamates (subject to hydrolysis) is 1. The molecule has 208 valence electrons. The summed E-state index contributed by atoms with van der Waals surface area (Å²) in [5.41, 5.74) is 4.44. The van der Waals surface area contributed by atoms with Gasteiger partial charge in [-0.25, -0.2) is 9.59 Å². The average Bonchev–Trinajstić information content (AvgIpc) is 3.17. The maximum absolute atomic E-state index is 12.6. The molecule has 0 saturated carbocycles. The smallest absolute Gasteiger partial charge is 0.407 e. The third-order valence-electron chi connectivity index (χ3n) is 6.72. The molecule has 1 unspecified atom stereocenters. The van der Waals surface area contributed by atoms with Gasteiger partial charge in [0.05, 0.1) is 0 Å². The fourth-order valence-corrected chi connectivity index (χ4v) is 4.85. The number of hydrogen-bond acceptors (Lipinski definition) is 6. The van der Waals surface area contributed by atoms with Crippen molar-refractivity contribution < 1.29 is 29.0 Å². The van der Waals surface area contributed by atoms with Gasteiger partial charge in [-0.15, -0.1) is 0 Å². The largest absolute Gasteiger partial charge is 0.480 e. The van der Waals surface area contributed by atoms with E-state index in [-0.39, 0.29) is 43.6 Å². The van der Waals surface area contributed by atoms with Crippen LogP contribution < -0.4 is 10.6 Å². The second kappa shape index (κ2) is 13.2. The monoisotopic (exact) mass is 534 g/mol. The molecule has 8 heteroatoms. The van der Waals surface area contributed by atoms with Gasteiger partial charge >= 0.3 is 12.1 Å². The molecule has 0 saturated heterocycles. The van der Waals surface area contributed by atoms with E-state index in [1.54, 1.807) is 0 Å². The summed E-state index contributed by atoms with van der Waals surface area (Å²) < 4.78 is 5.50. The quantitative estimate of drug-likeness (QED) is 0.228. The van der Waals surface area contributed by atoms with Crippen LogP contribution in [-0.4, -0.2) is 48.4 Å². The Bertz CT molecular complexity index is 1190. The first-order valence-electron chi connectivity index (χ1n) is 13.3. The Hall–Kier alpha value is -3.94. The molecule has 0 heterocycles. The minimum Gasteiger partial charge on any atom is -0.480 e.